The van der Waals surface area contributed by atoms with Crippen LogP contribution in [-0.2, 0) is 4.74 Å². The average Bonchev–Trinajstić information content (AvgIpc) is 2.45. The Labute approximate surface area is 110 Å². The highest BCUT2D eigenvalue weighted by atomic mass is 16.5. The molecule has 98 valence electrons. The quantitative estimate of drug-likeness (QED) is 0.778. The standard InChI is InChI=1S/C16H23NO/c1-2-6-15(7-3-1)9-5-12-18-13-10-16-8-4-11-17-14-16/h1-3,5-7,9,16-17H,4,8,10-14H2. The van der Waals surface area contributed by atoms with Crippen LogP contribution in [0.5, 0.6) is 0 Å². The minimum Gasteiger partial charge on any atom is -0.377 e. The predicted molar refractivity (Wildman–Crippen MR) is 76.5 cm³/mol. The van der Waals surface area contributed by atoms with Crippen LogP contribution < -0.4 is 5.32 Å². The highest BCUT2D eigenvalue weighted by molar-refractivity contribution is 5.48. The van der Waals surface area contributed by atoms with E-state index in [2.05, 4.69) is 41.7 Å². The van der Waals surface area contributed by atoms with Crippen molar-refractivity contribution in [2.75, 3.05) is 26.3 Å². The molecule has 18 heavy (non-hydrogen) atoms. The number of rotatable bonds is 6. The van der Waals surface area contributed by atoms with Gasteiger partial charge in [-0.1, -0.05) is 42.5 Å². The first kappa shape index (κ1) is 13.3. The first-order valence-electron chi connectivity index (χ1n) is 6.95. The van der Waals surface area contributed by atoms with Gasteiger partial charge in [-0.05, 0) is 43.8 Å². The Morgan fingerprint density at radius 3 is 2.94 bits per heavy atom. The zero-order valence-corrected chi connectivity index (χ0v) is 11.0. The lowest BCUT2D eigenvalue weighted by molar-refractivity contribution is 0.140. The molecule has 0 aromatic heterocycles. The number of hydrogen-bond donors (Lipinski definition) is 1. The lowest BCUT2D eigenvalue weighted by Gasteiger charge is -2.22. The van der Waals surface area contributed by atoms with Gasteiger partial charge in [-0.15, -0.1) is 0 Å². The SMILES string of the molecule is C(=Cc1ccccc1)COCCC1CCCNC1. The van der Waals surface area contributed by atoms with E-state index in [1.54, 1.807) is 0 Å². The minimum absolute atomic E-state index is 0.717. The van der Waals surface area contributed by atoms with Crippen molar-refractivity contribution in [3.63, 3.8) is 0 Å². The molecule has 0 spiro atoms. The van der Waals surface area contributed by atoms with Crippen LogP contribution in [0.2, 0.25) is 0 Å². The molecule has 1 unspecified atom stereocenters. The van der Waals surface area contributed by atoms with Crippen LogP contribution in [0.1, 0.15) is 24.8 Å². The summed E-state index contributed by atoms with van der Waals surface area (Å²) >= 11 is 0. The fraction of sp³-hybridized carbons (Fsp3) is 0.500. The zero-order valence-electron chi connectivity index (χ0n) is 11.0. The highest BCUT2D eigenvalue weighted by Crippen LogP contribution is 2.13. The molecule has 1 saturated heterocycles. The molecule has 1 aliphatic rings. The lowest BCUT2D eigenvalue weighted by Crippen LogP contribution is -2.30. The summed E-state index contributed by atoms with van der Waals surface area (Å²) in [5.74, 6) is 0.817. The van der Waals surface area contributed by atoms with Gasteiger partial charge in [0.2, 0.25) is 0 Å². The molecule has 1 N–H and O–H groups in total. The van der Waals surface area contributed by atoms with Crippen molar-refractivity contribution in [1.82, 2.24) is 5.32 Å². The molecule has 0 aliphatic carbocycles. The average molecular weight is 245 g/mol. The van der Waals surface area contributed by atoms with E-state index in [-0.39, 0.29) is 0 Å². The van der Waals surface area contributed by atoms with E-state index in [0.29, 0.717) is 0 Å². The molecule has 2 nitrogen and oxygen atoms in total. The smallest absolute Gasteiger partial charge is 0.0650 e. The summed E-state index contributed by atoms with van der Waals surface area (Å²) in [5.41, 5.74) is 1.23. The molecule has 0 bridgehead atoms. The second kappa shape index (κ2) is 8.06. The van der Waals surface area contributed by atoms with Gasteiger partial charge in [0.05, 0.1) is 6.61 Å². The molecule has 0 amide bonds. The number of benzene rings is 1. The second-order valence-electron chi connectivity index (χ2n) is 4.89. The molecule has 0 radical (unpaired) electrons. The van der Waals surface area contributed by atoms with Crippen molar-refractivity contribution < 1.29 is 4.74 Å². The first-order chi connectivity index (χ1) is 8.95. The van der Waals surface area contributed by atoms with Gasteiger partial charge < -0.3 is 10.1 Å². The van der Waals surface area contributed by atoms with Crippen molar-refractivity contribution in [1.29, 1.82) is 0 Å². The topological polar surface area (TPSA) is 21.3 Å². The highest BCUT2D eigenvalue weighted by Gasteiger charge is 2.11. The molecule has 1 aromatic rings. The minimum atomic E-state index is 0.717. The Morgan fingerprint density at radius 1 is 1.28 bits per heavy atom. The molecule has 1 fully saturated rings. The number of nitrogens with one attached hydrogen (secondary N) is 1. The van der Waals surface area contributed by atoms with Gasteiger partial charge in [0.1, 0.15) is 0 Å². The molecular formula is C16H23NO. The Balaban J connectivity index is 1.54. The van der Waals surface area contributed by atoms with Crippen LogP contribution in [0.3, 0.4) is 0 Å². The summed E-state index contributed by atoms with van der Waals surface area (Å²) in [4.78, 5) is 0. The molecular weight excluding hydrogens is 222 g/mol. The fourth-order valence-electron chi connectivity index (χ4n) is 2.32. The van der Waals surface area contributed by atoms with Gasteiger partial charge in [-0.3, -0.25) is 0 Å². The second-order valence-corrected chi connectivity index (χ2v) is 4.89. The van der Waals surface area contributed by atoms with E-state index in [9.17, 15) is 0 Å². The van der Waals surface area contributed by atoms with Gasteiger partial charge in [-0.2, -0.15) is 0 Å². The van der Waals surface area contributed by atoms with Crippen molar-refractivity contribution in [2.24, 2.45) is 5.92 Å². The molecule has 2 heteroatoms. The molecule has 1 aromatic carbocycles. The van der Waals surface area contributed by atoms with Gasteiger partial charge in [0.15, 0.2) is 0 Å². The third kappa shape index (κ3) is 5.03. The van der Waals surface area contributed by atoms with E-state index >= 15 is 0 Å². The van der Waals surface area contributed by atoms with E-state index in [0.717, 1.165) is 19.1 Å². The Morgan fingerprint density at radius 2 is 2.17 bits per heavy atom. The van der Waals surface area contributed by atoms with Gasteiger partial charge in [0, 0.05) is 6.61 Å². The largest absolute Gasteiger partial charge is 0.377 e. The monoisotopic (exact) mass is 245 g/mol. The van der Waals surface area contributed by atoms with Gasteiger partial charge in [0.25, 0.3) is 0 Å². The normalized spacial score (nSPS) is 20.3. The van der Waals surface area contributed by atoms with Crippen LogP contribution >= 0.6 is 0 Å². The Bertz CT molecular complexity index is 341. The van der Waals surface area contributed by atoms with Crippen LogP contribution in [0.25, 0.3) is 6.08 Å². The number of ether oxygens (including phenoxy) is 1. The molecule has 0 saturated carbocycles. The maximum atomic E-state index is 5.64. The van der Waals surface area contributed by atoms with Crippen molar-refractivity contribution >= 4 is 6.08 Å². The summed E-state index contributed by atoms with van der Waals surface area (Å²) in [6, 6.07) is 10.3. The molecule has 1 atom stereocenters. The van der Waals surface area contributed by atoms with E-state index in [4.69, 9.17) is 4.74 Å². The van der Waals surface area contributed by atoms with Crippen molar-refractivity contribution in [3.05, 3.63) is 42.0 Å². The third-order valence-electron chi connectivity index (χ3n) is 3.39. The van der Waals surface area contributed by atoms with Crippen LogP contribution in [0, 0.1) is 5.92 Å². The van der Waals surface area contributed by atoms with Crippen molar-refractivity contribution in [2.45, 2.75) is 19.3 Å². The predicted octanol–water partition coefficient (Wildman–Crippen LogP) is 3.11. The molecule has 1 heterocycles. The Kier molecular flexibility index (Phi) is 5.97. The maximum absolute atomic E-state index is 5.64. The van der Waals surface area contributed by atoms with Crippen LogP contribution in [-0.4, -0.2) is 26.3 Å². The summed E-state index contributed by atoms with van der Waals surface area (Å²) in [5, 5.41) is 3.44. The first-order valence-corrected chi connectivity index (χ1v) is 6.95. The summed E-state index contributed by atoms with van der Waals surface area (Å²) in [6.45, 7) is 3.96. The van der Waals surface area contributed by atoms with Gasteiger partial charge in [-0.25, -0.2) is 0 Å². The fourth-order valence-corrected chi connectivity index (χ4v) is 2.32. The summed E-state index contributed by atoms with van der Waals surface area (Å²) in [7, 11) is 0. The van der Waals surface area contributed by atoms with E-state index < -0.39 is 0 Å². The van der Waals surface area contributed by atoms with E-state index in [1.165, 1.54) is 37.9 Å². The van der Waals surface area contributed by atoms with Crippen LogP contribution in [0.4, 0.5) is 0 Å². The lowest BCUT2D eigenvalue weighted by atomic mass is 9.97. The maximum Gasteiger partial charge on any atom is 0.0650 e. The summed E-state index contributed by atoms with van der Waals surface area (Å²) in [6.07, 6.45) is 8.07. The third-order valence-corrected chi connectivity index (χ3v) is 3.39. The van der Waals surface area contributed by atoms with Gasteiger partial charge >= 0.3 is 0 Å². The number of piperidine rings is 1. The molecule has 1 aliphatic heterocycles. The molecule has 2 rings (SSSR count). The summed E-state index contributed by atoms with van der Waals surface area (Å²) < 4.78 is 5.64. The van der Waals surface area contributed by atoms with E-state index in [1.807, 2.05) is 6.07 Å². The van der Waals surface area contributed by atoms with Crippen molar-refractivity contribution in [3.8, 4) is 0 Å². The zero-order chi connectivity index (χ0) is 12.5. The number of hydrogen-bond acceptors (Lipinski definition) is 2. The van der Waals surface area contributed by atoms with Crippen LogP contribution in [0.15, 0.2) is 36.4 Å². The Hall–Kier alpha value is -1.12.